The largest absolute Gasteiger partial charge is 0.477 e. The second kappa shape index (κ2) is 4.87. The van der Waals surface area contributed by atoms with Gasteiger partial charge in [0.1, 0.15) is 5.75 Å². The number of hydrogen-bond donors (Lipinski definition) is 1. The van der Waals surface area contributed by atoms with E-state index in [-0.39, 0.29) is 11.6 Å². The van der Waals surface area contributed by atoms with Crippen molar-refractivity contribution in [3.8, 4) is 11.6 Å². The molecule has 0 aliphatic heterocycles. The van der Waals surface area contributed by atoms with Crippen molar-refractivity contribution in [3.63, 3.8) is 0 Å². The van der Waals surface area contributed by atoms with Crippen molar-refractivity contribution in [2.45, 2.75) is 13.8 Å². The number of carboxylic acid groups (broad SMARTS) is 1. The van der Waals surface area contributed by atoms with E-state index in [0.717, 1.165) is 11.1 Å². The first-order valence-electron chi connectivity index (χ1n) is 5.52. The number of carboxylic acids is 1. The predicted octanol–water partition coefficient (Wildman–Crippen LogP) is 3.19. The molecular weight excluding hydrogens is 230 g/mol. The van der Waals surface area contributed by atoms with Crippen LogP contribution < -0.4 is 4.74 Å². The fraction of sp³-hybridized carbons (Fsp3) is 0.143. The van der Waals surface area contributed by atoms with Crippen LogP contribution in [0.15, 0.2) is 36.4 Å². The Labute approximate surface area is 105 Å². The molecule has 1 heterocycles. The van der Waals surface area contributed by atoms with E-state index >= 15 is 0 Å². The molecule has 0 saturated heterocycles. The summed E-state index contributed by atoms with van der Waals surface area (Å²) in [4.78, 5) is 14.7. The molecule has 1 aromatic carbocycles. The van der Waals surface area contributed by atoms with Crippen LogP contribution in [0.1, 0.15) is 21.6 Å². The lowest BCUT2D eigenvalue weighted by molar-refractivity contribution is 0.0689. The molecule has 0 saturated carbocycles. The summed E-state index contributed by atoms with van der Waals surface area (Å²) in [6.45, 7) is 3.89. The number of pyridine rings is 1. The summed E-state index contributed by atoms with van der Waals surface area (Å²) in [5.41, 5.74) is 2.02. The summed E-state index contributed by atoms with van der Waals surface area (Å²) in [5.74, 6) is -0.102. The third-order valence-corrected chi connectivity index (χ3v) is 2.50. The molecule has 2 aromatic rings. The third kappa shape index (κ3) is 2.66. The Kier molecular flexibility index (Phi) is 3.28. The molecule has 4 nitrogen and oxygen atoms in total. The molecule has 1 N–H and O–H groups in total. The molecule has 0 fully saturated rings. The van der Waals surface area contributed by atoms with Crippen LogP contribution in [0.2, 0.25) is 0 Å². The summed E-state index contributed by atoms with van der Waals surface area (Å²) >= 11 is 0. The smallest absolute Gasteiger partial charge is 0.354 e. The van der Waals surface area contributed by atoms with Crippen molar-refractivity contribution in [2.75, 3.05) is 0 Å². The SMILES string of the molecule is Cc1ccc(C)c(Oc2cccc(C(=O)O)n2)c1. The topological polar surface area (TPSA) is 59.4 Å². The van der Waals surface area contributed by atoms with E-state index in [0.29, 0.717) is 5.75 Å². The Bertz CT molecular complexity index is 593. The highest BCUT2D eigenvalue weighted by Crippen LogP contribution is 2.24. The Morgan fingerprint density at radius 3 is 2.72 bits per heavy atom. The van der Waals surface area contributed by atoms with Crippen molar-refractivity contribution in [1.82, 2.24) is 4.98 Å². The maximum atomic E-state index is 10.8. The number of aryl methyl sites for hydroxylation is 2. The van der Waals surface area contributed by atoms with Gasteiger partial charge in [0.05, 0.1) is 0 Å². The van der Waals surface area contributed by atoms with Crippen LogP contribution in [0.5, 0.6) is 11.6 Å². The van der Waals surface area contributed by atoms with Gasteiger partial charge in [0.15, 0.2) is 5.69 Å². The highest BCUT2D eigenvalue weighted by molar-refractivity contribution is 5.85. The van der Waals surface area contributed by atoms with E-state index in [2.05, 4.69) is 4.98 Å². The Morgan fingerprint density at radius 2 is 2.00 bits per heavy atom. The molecule has 4 heteroatoms. The highest BCUT2D eigenvalue weighted by atomic mass is 16.5. The van der Waals surface area contributed by atoms with Crippen LogP contribution in [0.4, 0.5) is 0 Å². The molecule has 2 rings (SSSR count). The molecule has 0 atom stereocenters. The molecule has 0 aliphatic rings. The van der Waals surface area contributed by atoms with Crippen molar-refractivity contribution in [3.05, 3.63) is 53.2 Å². The van der Waals surface area contributed by atoms with E-state index in [1.807, 2.05) is 32.0 Å². The van der Waals surface area contributed by atoms with E-state index < -0.39 is 5.97 Å². The fourth-order valence-electron chi connectivity index (χ4n) is 1.52. The van der Waals surface area contributed by atoms with Crippen molar-refractivity contribution < 1.29 is 14.6 Å². The van der Waals surface area contributed by atoms with Gasteiger partial charge in [-0.05, 0) is 37.1 Å². The third-order valence-electron chi connectivity index (χ3n) is 2.50. The molecule has 0 amide bonds. The first kappa shape index (κ1) is 12.1. The maximum absolute atomic E-state index is 10.8. The Balaban J connectivity index is 2.31. The lowest BCUT2D eigenvalue weighted by Gasteiger charge is -2.08. The van der Waals surface area contributed by atoms with Crippen molar-refractivity contribution in [2.24, 2.45) is 0 Å². The summed E-state index contributed by atoms with van der Waals surface area (Å²) < 4.78 is 5.61. The monoisotopic (exact) mass is 243 g/mol. The van der Waals surface area contributed by atoms with Crippen LogP contribution in [-0.4, -0.2) is 16.1 Å². The van der Waals surface area contributed by atoms with Gasteiger partial charge in [-0.25, -0.2) is 9.78 Å². The maximum Gasteiger partial charge on any atom is 0.354 e. The molecule has 0 unspecified atom stereocenters. The lowest BCUT2D eigenvalue weighted by atomic mass is 10.1. The van der Waals surface area contributed by atoms with Gasteiger partial charge in [-0.1, -0.05) is 18.2 Å². The molecular formula is C14H13NO3. The van der Waals surface area contributed by atoms with Crippen LogP contribution in [0.3, 0.4) is 0 Å². The minimum Gasteiger partial charge on any atom is -0.477 e. The van der Waals surface area contributed by atoms with Gasteiger partial charge >= 0.3 is 5.97 Å². The fourth-order valence-corrected chi connectivity index (χ4v) is 1.52. The molecule has 0 aliphatic carbocycles. The second-order valence-electron chi connectivity index (χ2n) is 4.04. The number of benzene rings is 1. The Hall–Kier alpha value is -2.36. The van der Waals surface area contributed by atoms with Gasteiger partial charge in [-0.2, -0.15) is 0 Å². The number of nitrogens with zero attached hydrogens (tertiary/aromatic N) is 1. The zero-order valence-corrected chi connectivity index (χ0v) is 10.2. The van der Waals surface area contributed by atoms with E-state index in [1.54, 1.807) is 12.1 Å². The van der Waals surface area contributed by atoms with Gasteiger partial charge in [-0.15, -0.1) is 0 Å². The van der Waals surface area contributed by atoms with Gasteiger partial charge in [-0.3, -0.25) is 0 Å². The average Bonchev–Trinajstić information content (AvgIpc) is 2.34. The number of aromatic carboxylic acids is 1. The number of ether oxygens (including phenoxy) is 1. The van der Waals surface area contributed by atoms with Gasteiger partial charge in [0.2, 0.25) is 5.88 Å². The highest BCUT2D eigenvalue weighted by Gasteiger charge is 2.07. The number of aromatic nitrogens is 1. The van der Waals surface area contributed by atoms with Crippen molar-refractivity contribution in [1.29, 1.82) is 0 Å². The summed E-state index contributed by atoms with van der Waals surface area (Å²) in [7, 11) is 0. The van der Waals surface area contributed by atoms with Gasteiger partial charge in [0.25, 0.3) is 0 Å². The average molecular weight is 243 g/mol. The van der Waals surface area contributed by atoms with Crippen LogP contribution in [0.25, 0.3) is 0 Å². The first-order valence-corrected chi connectivity index (χ1v) is 5.52. The predicted molar refractivity (Wildman–Crippen MR) is 67.2 cm³/mol. The molecule has 1 aromatic heterocycles. The number of carbonyl (C=O) groups is 1. The molecule has 92 valence electrons. The Morgan fingerprint density at radius 1 is 1.22 bits per heavy atom. The van der Waals surface area contributed by atoms with Crippen LogP contribution in [0, 0.1) is 13.8 Å². The van der Waals surface area contributed by atoms with E-state index in [1.165, 1.54) is 6.07 Å². The standard InChI is InChI=1S/C14H13NO3/c1-9-6-7-10(2)12(8-9)18-13-5-3-4-11(15-13)14(16)17/h3-8H,1-2H3,(H,16,17). The van der Waals surface area contributed by atoms with Gasteiger partial charge in [0, 0.05) is 6.07 Å². The summed E-state index contributed by atoms with van der Waals surface area (Å²) in [5, 5.41) is 8.86. The molecule has 0 bridgehead atoms. The van der Waals surface area contributed by atoms with Crippen molar-refractivity contribution >= 4 is 5.97 Å². The minimum absolute atomic E-state index is 0.0298. The summed E-state index contributed by atoms with van der Waals surface area (Å²) in [6.07, 6.45) is 0. The summed E-state index contributed by atoms with van der Waals surface area (Å²) in [6, 6.07) is 10.5. The molecule has 0 radical (unpaired) electrons. The molecule has 18 heavy (non-hydrogen) atoms. The van der Waals surface area contributed by atoms with Crippen LogP contribution in [-0.2, 0) is 0 Å². The first-order chi connectivity index (χ1) is 8.56. The number of hydrogen-bond acceptors (Lipinski definition) is 3. The zero-order chi connectivity index (χ0) is 13.1. The van der Waals surface area contributed by atoms with E-state index in [9.17, 15) is 4.79 Å². The van der Waals surface area contributed by atoms with E-state index in [4.69, 9.17) is 9.84 Å². The molecule has 0 spiro atoms. The zero-order valence-electron chi connectivity index (χ0n) is 10.2. The quantitative estimate of drug-likeness (QED) is 0.899. The number of rotatable bonds is 3. The normalized spacial score (nSPS) is 10.1. The minimum atomic E-state index is -1.07. The van der Waals surface area contributed by atoms with Crippen LogP contribution >= 0.6 is 0 Å². The van der Waals surface area contributed by atoms with Gasteiger partial charge < -0.3 is 9.84 Å². The lowest BCUT2D eigenvalue weighted by Crippen LogP contribution is -2.01. The second-order valence-corrected chi connectivity index (χ2v) is 4.04.